The van der Waals surface area contributed by atoms with E-state index >= 15 is 0 Å². The molecule has 0 atom stereocenters. The second kappa shape index (κ2) is 8.55. The van der Waals surface area contributed by atoms with Crippen LogP contribution in [0.4, 0.5) is 9.52 Å². The van der Waals surface area contributed by atoms with Gasteiger partial charge in [-0.1, -0.05) is 39.4 Å². The Morgan fingerprint density at radius 3 is 2.71 bits per heavy atom. The van der Waals surface area contributed by atoms with E-state index in [1.807, 2.05) is 24.3 Å². The van der Waals surface area contributed by atoms with E-state index in [1.54, 1.807) is 12.1 Å². The molecule has 8 heteroatoms. The molecule has 146 valence electrons. The predicted molar refractivity (Wildman–Crippen MR) is 115 cm³/mol. The SMILES string of the molecule is O=C(NCCN1CCN(c2nc3c(F)cccc3s2)CC1)c1cccc(Br)c1. The summed E-state index contributed by atoms with van der Waals surface area (Å²) in [5.41, 5.74) is 1.11. The molecule has 4 rings (SSSR count). The maximum Gasteiger partial charge on any atom is 0.251 e. The number of hydrogen-bond donors (Lipinski definition) is 1. The summed E-state index contributed by atoms with van der Waals surface area (Å²) in [5.74, 6) is -0.323. The summed E-state index contributed by atoms with van der Waals surface area (Å²) in [6.07, 6.45) is 0. The average molecular weight is 463 g/mol. The van der Waals surface area contributed by atoms with Crippen LogP contribution in [0.15, 0.2) is 46.9 Å². The molecule has 0 spiro atoms. The van der Waals surface area contributed by atoms with Crippen molar-refractivity contribution >= 4 is 48.5 Å². The number of benzene rings is 2. The van der Waals surface area contributed by atoms with E-state index in [1.165, 1.54) is 17.4 Å². The van der Waals surface area contributed by atoms with Crippen molar-refractivity contribution in [3.63, 3.8) is 0 Å². The van der Waals surface area contributed by atoms with Gasteiger partial charge in [0.05, 0.1) is 4.70 Å². The zero-order valence-corrected chi connectivity index (χ0v) is 17.6. The van der Waals surface area contributed by atoms with Crippen LogP contribution in [0.5, 0.6) is 0 Å². The van der Waals surface area contributed by atoms with Crippen LogP contribution in [0.1, 0.15) is 10.4 Å². The van der Waals surface area contributed by atoms with Gasteiger partial charge in [-0.2, -0.15) is 0 Å². The number of para-hydroxylation sites is 1. The molecule has 1 aliphatic heterocycles. The van der Waals surface area contributed by atoms with Gasteiger partial charge in [0.15, 0.2) is 5.13 Å². The highest BCUT2D eigenvalue weighted by Crippen LogP contribution is 2.30. The number of hydrogen-bond acceptors (Lipinski definition) is 5. The second-order valence-electron chi connectivity index (χ2n) is 6.68. The fraction of sp³-hybridized carbons (Fsp3) is 0.300. The number of piperazine rings is 1. The fourth-order valence-corrected chi connectivity index (χ4v) is 4.69. The molecule has 1 N–H and O–H groups in total. The van der Waals surface area contributed by atoms with Crippen LogP contribution in [-0.4, -0.2) is 55.1 Å². The molecule has 1 aliphatic rings. The van der Waals surface area contributed by atoms with E-state index in [-0.39, 0.29) is 11.7 Å². The Morgan fingerprint density at radius 1 is 1.18 bits per heavy atom. The smallest absolute Gasteiger partial charge is 0.251 e. The molecule has 3 aromatic rings. The van der Waals surface area contributed by atoms with Crippen molar-refractivity contribution in [3.05, 3.63) is 58.3 Å². The lowest BCUT2D eigenvalue weighted by molar-refractivity contribution is 0.0947. The van der Waals surface area contributed by atoms with Gasteiger partial charge >= 0.3 is 0 Å². The maximum absolute atomic E-state index is 13.9. The van der Waals surface area contributed by atoms with Gasteiger partial charge in [0.1, 0.15) is 11.3 Å². The van der Waals surface area contributed by atoms with Crippen LogP contribution in [0, 0.1) is 5.82 Å². The molecule has 2 heterocycles. The number of anilines is 1. The number of fused-ring (bicyclic) bond motifs is 1. The number of amides is 1. The lowest BCUT2D eigenvalue weighted by Gasteiger charge is -2.34. The summed E-state index contributed by atoms with van der Waals surface area (Å²) in [7, 11) is 0. The van der Waals surface area contributed by atoms with Crippen LogP contribution in [0.3, 0.4) is 0 Å². The van der Waals surface area contributed by atoms with Crippen LogP contribution in [-0.2, 0) is 0 Å². The van der Waals surface area contributed by atoms with Gasteiger partial charge in [-0.25, -0.2) is 9.37 Å². The van der Waals surface area contributed by atoms with E-state index in [0.717, 1.165) is 47.0 Å². The minimum absolute atomic E-state index is 0.0589. The number of rotatable bonds is 5. The molecule has 1 fully saturated rings. The molecule has 0 radical (unpaired) electrons. The van der Waals surface area contributed by atoms with Crippen molar-refractivity contribution < 1.29 is 9.18 Å². The number of carbonyl (C=O) groups excluding carboxylic acids is 1. The van der Waals surface area contributed by atoms with Gasteiger partial charge in [-0.05, 0) is 30.3 Å². The topological polar surface area (TPSA) is 48.5 Å². The quantitative estimate of drug-likeness (QED) is 0.627. The molecule has 1 amide bonds. The average Bonchev–Trinajstić information content (AvgIpc) is 3.14. The number of nitrogens with zero attached hydrogens (tertiary/aromatic N) is 3. The van der Waals surface area contributed by atoms with Gasteiger partial charge in [0.2, 0.25) is 0 Å². The Balaban J connectivity index is 1.26. The summed E-state index contributed by atoms with van der Waals surface area (Å²) in [5, 5.41) is 3.85. The van der Waals surface area contributed by atoms with Crippen molar-refractivity contribution in [2.75, 3.05) is 44.2 Å². The summed E-state index contributed by atoms with van der Waals surface area (Å²) in [4.78, 5) is 21.2. The van der Waals surface area contributed by atoms with Gasteiger partial charge in [-0.3, -0.25) is 9.69 Å². The third-order valence-corrected chi connectivity index (χ3v) is 6.38. The summed E-state index contributed by atoms with van der Waals surface area (Å²) >= 11 is 4.92. The number of halogens is 2. The Hall–Kier alpha value is -2.03. The Labute approximate surface area is 175 Å². The van der Waals surface area contributed by atoms with Gasteiger partial charge < -0.3 is 10.2 Å². The lowest BCUT2D eigenvalue weighted by Crippen LogP contribution is -2.48. The number of nitrogens with one attached hydrogen (secondary N) is 1. The monoisotopic (exact) mass is 462 g/mol. The molecule has 28 heavy (non-hydrogen) atoms. The van der Waals surface area contributed by atoms with Crippen molar-refractivity contribution in [2.45, 2.75) is 0 Å². The van der Waals surface area contributed by atoms with Crippen molar-refractivity contribution in [1.82, 2.24) is 15.2 Å². The molecule has 2 aromatic carbocycles. The summed E-state index contributed by atoms with van der Waals surface area (Å²) < 4.78 is 15.6. The zero-order chi connectivity index (χ0) is 19.5. The lowest BCUT2D eigenvalue weighted by atomic mass is 10.2. The van der Waals surface area contributed by atoms with E-state index in [4.69, 9.17) is 0 Å². The van der Waals surface area contributed by atoms with Gasteiger partial charge in [-0.15, -0.1) is 0 Å². The molecule has 0 saturated carbocycles. The van der Waals surface area contributed by atoms with Crippen LogP contribution in [0.2, 0.25) is 0 Å². The van der Waals surface area contributed by atoms with Crippen molar-refractivity contribution in [1.29, 1.82) is 0 Å². The molecule has 1 aromatic heterocycles. The highest BCUT2D eigenvalue weighted by molar-refractivity contribution is 9.10. The zero-order valence-electron chi connectivity index (χ0n) is 15.2. The first kappa shape index (κ1) is 19.3. The Kier molecular flexibility index (Phi) is 5.89. The van der Waals surface area contributed by atoms with E-state index in [9.17, 15) is 9.18 Å². The number of thiazole rings is 1. The number of aromatic nitrogens is 1. The third-order valence-electron chi connectivity index (χ3n) is 4.80. The Morgan fingerprint density at radius 2 is 1.96 bits per heavy atom. The van der Waals surface area contributed by atoms with E-state index < -0.39 is 0 Å². The van der Waals surface area contributed by atoms with E-state index in [0.29, 0.717) is 17.6 Å². The first-order valence-corrected chi connectivity index (χ1v) is 10.8. The molecule has 1 saturated heterocycles. The fourth-order valence-electron chi connectivity index (χ4n) is 3.26. The highest BCUT2D eigenvalue weighted by atomic mass is 79.9. The number of carbonyl (C=O) groups is 1. The van der Waals surface area contributed by atoms with Crippen LogP contribution in [0.25, 0.3) is 10.2 Å². The normalized spacial score (nSPS) is 15.1. The standard InChI is InChI=1S/C20H20BrFN4OS/c21-15-4-1-3-14(13-15)19(27)23-7-8-25-9-11-26(12-10-25)20-24-18-16(22)5-2-6-17(18)28-20/h1-6,13H,7-12H2,(H,23,27). The molecule has 0 aliphatic carbocycles. The first-order chi connectivity index (χ1) is 13.6. The minimum atomic E-state index is -0.264. The highest BCUT2D eigenvalue weighted by Gasteiger charge is 2.20. The second-order valence-corrected chi connectivity index (χ2v) is 8.60. The first-order valence-electron chi connectivity index (χ1n) is 9.16. The van der Waals surface area contributed by atoms with Crippen molar-refractivity contribution in [3.8, 4) is 0 Å². The summed E-state index contributed by atoms with van der Waals surface area (Å²) in [6, 6.07) is 12.5. The molecular weight excluding hydrogens is 443 g/mol. The van der Waals surface area contributed by atoms with Crippen LogP contribution >= 0.6 is 27.3 Å². The maximum atomic E-state index is 13.9. The predicted octanol–water partition coefficient (Wildman–Crippen LogP) is 3.75. The Bertz CT molecular complexity index is 987. The summed E-state index contributed by atoms with van der Waals surface area (Å²) in [6.45, 7) is 4.90. The molecule has 0 unspecified atom stereocenters. The molecular formula is C20H20BrFN4OS. The van der Waals surface area contributed by atoms with Crippen molar-refractivity contribution in [2.24, 2.45) is 0 Å². The van der Waals surface area contributed by atoms with Gasteiger partial charge in [0, 0.05) is 49.3 Å². The largest absolute Gasteiger partial charge is 0.351 e. The minimum Gasteiger partial charge on any atom is -0.351 e. The molecule has 0 bridgehead atoms. The van der Waals surface area contributed by atoms with Gasteiger partial charge in [0.25, 0.3) is 5.91 Å². The molecule has 5 nitrogen and oxygen atoms in total. The third kappa shape index (κ3) is 4.34. The van der Waals surface area contributed by atoms with E-state index in [2.05, 4.69) is 36.0 Å². The van der Waals surface area contributed by atoms with Crippen LogP contribution < -0.4 is 10.2 Å².